The maximum absolute atomic E-state index is 13.2. The van der Waals surface area contributed by atoms with Crippen molar-refractivity contribution in [1.29, 1.82) is 0 Å². The van der Waals surface area contributed by atoms with Crippen LogP contribution < -0.4 is 5.32 Å². The second-order valence-electron chi connectivity index (χ2n) is 7.51. The predicted octanol–water partition coefficient (Wildman–Crippen LogP) is 2.53. The van der Waals surface area contributed by atoms with E-state index in [1.807, 2.05) is 19.1 Å². The van der Waals surface area contributed by atoms with Crippen molar-refractivity contribution in [3.63, 3.8) is 0 Å². The van der Waals surface area contributed by atoms with Crippen molar-refractivity contribution >= 4 is 5.91 Å². The minimum Gasteiger partial charge on any atom is -0.329 e. The lowest BCUT2D eigenvalue weighted by Crippen LogP contribution is -2.51. The largest absolute Gasteiger partial charge is 0.329 e. The molecule has 0 radical (unpaired) electrons. The van der Waals surface area contributed by atoms with Gasteiger partial charge in [0.1, 0.15) is 5.69 Å². The summed E-state index contributed by atoms with van der Waals surface area (Å²) in [7, 11) is 0. The molecule has 1 aromatic heterocycles. The van der Waals surface area contributed by atoms with Crippen molar-refractivity contribution in [2.75, 3.05) is 6.54 Å². The summed E-state index contributed by atoms with van der Waals surface area (Å²) in [4.78, 5) is 19.8. The van der Waals surface area contributed by atoms with Crippen molar-refractivity contribution in [2.24, 2.45) is 5.41 Å². The molecule has 1 saturated carbocycles. The van der Waals surface area contributed by atoms with E-state index < -0.39 is 0 Å². The highest BCUT2D eigenvalue weighted by atomic mass is 16.2. The molecule has 0 unspecified atom stereocenters. The summed E-state index contributed by atoms with van der Waals surface area (Å²) in [5.74, 6) is 0.140. The summed E-state index contributed by atoms with van der Waals surface area (Å²) in [5.41, 5.74) is 1.86. The number of pyridine rings is 1. The monoisotopic (exact) mass is 299 g/mol. The molecule has 0 aromatic carbocycles. The van der Waals surface area contributed by atoms with E-state index in [2.05, 4.69) is 22.1 Å². The molecule has 4 atom stereocenters. The van der Waals surface area contributed by atoms with Gasteiger partial charge in [-0.15, -0.1) is 0 Å². The first-order valence-corrected chi connectivity index (χ1v) is 8.59. The number of hydrogen-bond donors (Lipinski definition) is 1. The van der Waals surface area contributed by atoms with Crippen LogP contribution in [0.2, 0.25) is 0 Å². The van der Waals surface area contributed by atoms with Crippen molar-refractivity contribution in [2.45, 2.75) is 64.1 Å². The van der Waals surface area contributed by atoms with Gasteiger partial charge in [-0.2, -0.15) is 0 Å². The second-order valence-corrected chi connectivity index (χ2v) is 7.51. The summed E-state index contributed by atoms with van der Waals surface area (Å²) in [6.45, 7) is 5.32. The smallest absolute Gasteiger partial charge is 0.273 e. The molecule has 22 heavy (non-hydrogen) atoms. The van der Waals surface area contributed by atoms with Crippen LogP contribution in [0, 0.1) is 12.3 Å². The van der Waals surface area contributed by atoms with Crippen LogP contribution in [0.4, 0.5) is 0 Å². The Bertz CT molecular complexity index is 602. The van der Waals surface area contributed by atoms with Crippen molar-refractivity contribution < 1.29 is 4.79 Å². The molecule has 4 heteroatoms. The molecule has 1 aliphatic carbocycles. The summed E-state index contributed by atoms with van der Waals surface area (Å²) < 4.78 is 0. The van der Waals surface area contributed by atoms with Gasteiger partial charge in [0.15, 0.2) is 0 Å². The minimum atomic E-state index is 0.140. The van der Waals surface area contributed by atoms with E-state index in [1.54, 1.807) is 6.20 Å². The Balaban J connectivity index is 1.73. The fourth-order valence-electron chi connectivity index (χ4n) is 5.10. The van der Waals surface area contributed by atoms with Gasteiger partial charge < -0.3 is 10.2 Å². The van der Waals surface area contributed by atoms with Crippen molar-refractivity contribution in [3.8, 4) is 0 Å². The third-order valence-electron chi connectivity index (χ3n) is 6.23. The van der Waals surface area contributed by atoms with E-state index in [1.165, 1.54) is 19.3 Å². The number of rotatable bonds is 1. The SMILES string of the molecule is Cc1cccnc1C(=O)N1[C@@H]2CN[C@@H]3CCCC[C@H]1[C@]3(C)C2. The molecule has 3 heterocycles. The first kappa shape index (κ1) is 14.2. The lowest BCUT2D eigenvalue weighted by molar-refractivity contribution is 0.0622. The zero-order valence-electron chi connectivity index (χ0n) is 13.5. The highest BCUT2D eigenvalue weighted by Gasteiger charge is 2.57. The van der Waals surface area contributed by atoms with Crippen LogP contribution in [0.15, 0.2) is 18.3 Å². The van der Waals surface area contributed by atoms with Gasteiger partial charge in [-0.3, -0.25) is 9.78 Å². The Morgan fingerprint density at radius 1 is 1.41 bits per heavy atom. The number of piperidine rings is 1. The Labute approximate surface area is 132 Å². The van der Waals surface area contributed by atoms with Crippen molar-refractivity contribution in [3.05, 3.63) is 29.6 Å². The van der Waals surface area contributed by atoms with Gasteiger partial charge in [0.25, 0.3) is 5.91 Å². The standard InChI is InChI=1S/C18H25N3O/c1-12-6-5-9-19-16(12)17(22)21-13-10-18(2)14(20-11-13)7-3-4-8-15(18)21/h5-6,9,13-15,20H,3-4,7-8,10-11H2,1-2H3/t13-,14+,15-,18+/m0/s1. The van der Waals surface area contributed by atoms with Crippen LogP contribution in [0.1, 0.15) is 55.1 Å². The maximum Gasteiger partial charge on any atom is 0.273 e. The molecule has 1 N–H and O–H groups in total. The van der Waals surface area contributed by atoms with Crippen LogP contribution in [0.3, 0.4) is 0 Å². The van der Waals surface area contributed by atoms with Crippen LogP contribution in [-0.4, -0.2) is 40.5 Å². The quantitative estimate of drug-likeness (QED) is 0.866. The predicted molar refractivity (Wildman–Crippen MR) is 85.7 cm³/mol. The molecule has 0 spiro atoms. The summed E-state index contributed by atoms with van der Waals surface area (Å²) >= 11 is 0. The Morgan fingerprint density at radius 3 is 3.05 bits per heavy atom. The Kier molecular flexibility index (Phi) is 3.26. The molecule has 118 valence electrons. The topological polar surface area (TPSA) is 45.2 Å². The van der Waals surface area contributed by atoms with Crippen LogP contribution in [0.5, 0.6) is 0 Å². The number of nitrogens with zero attached hydrogens (tertiary/aromatic N) is 2. The average molecular weight is 299 g/mol. The number of carbonyl (C=O) groups is 1. The maximum atomic E-state index is 13.2. The van der Waals surface area contributed by atoms with E-state index in [0.29, 0.717) is 23.8 Å². The molecule has 2 bridgehead atoms. The molecule has 4 rings (SSSR count). The zero-order valence-corrected chi connectivity index (χ0v) is 13.5. The van der Waals surface area contributed by atoms with Crippen molar-refractivity contribution in [1.82, 2.24) is 15.2 Å². The third-order valence-corrected chi connectivity index (χ3v) is 6.23. The molecular formula is C18H25N3O. The number of aryl methyl sites for hydroxylation is 1. The Morgan fingerprint density at radius 2 is 2.23 bits per heavy atom. The normalized spacial score (nSPS) is 37.0. The van der Waals surface area contributed by atoms with Gasteiger partial charge in [0.2, 0.25) is 0 Å². The molecule has 1 amide bonds. The molecule has 2 saturated heterocycles. The first-order chi connectivity index (χ1) is 10.6. The van der Waals surface area contributed by atoms with Crippen LogP contribution in [-0.2, 0) is 0 Å². The molecule has 3 aliphatic rings. The number of fused-ring (bicyclic) bond motifs is 1. The third kappa shape index (κ3) is 1.93. The minimum absolute atomic E-state index is 0.140. The summed E-state index contributed by atoms with van der Waals surface area (Å²) in [6.07, 6.45) is 7.79. The number of carbonyl (C=O) groups excluding carboxylic acids is 1. The molecular weight excluding hydrogens is 274 g/mol. The summed E-state index contributed by atoms with van der Waals surface area (Å²) in [6, 6.07) is 5.16. The highest BCUT2D eigenvalue weighted by molar-refractivity contribution is 5.94. The number of aromatic nitrogens is 1. The number of likely N-dealkylation sites (tertiary alicyclic amines) is 1. The fraction of sp³-hybridized carbons (Fsp3) is 0.667. The highest BCUT2D eigenvalue weighted by Crippen LogP contribution is 2.50. The van der Waals surface area contributed by atoms with E-state index in [4.69, 9.17) is 0 Å². The summed E-state index contributed by atoms with van der Waals surface area (Å²) in [5, 5.41) is 3.73. The lowest BCUT2D eigenvalue weighted by atomic mass is 9.72. The fourth-order valence-corrected chi connectivity index (χ4v) is 5.10. The lowest BCUT2D eigenvalue weighted by Gasteiger charge is -2.39. The van der Waals surface area contributed by atoms with Crippen LogP contribution in [0.25, 0.3) is 0 Å². The Hall–Kier alpha value is -1.42. The zero-order chi connectivity index (χ0) is 15.3. The molecule has 1 aromatic rings. The number of nitrogens with one attached hydrogen (secondary N) is 1. The first-order valence-electron chi connectivity index (χ1n) is 8.59. The van der Waals surface area contributed by atoms with E-state index in [0.717, 1.165) is 24.9 Å². The molecule has 2 aliphatic heterocycles. The molecule has 3 fully saturated rings. The molecule has 4 nitrogen and oxygen atoms in total. The van der Waals surface area contributed by atoms with Gasteiger partial charge in [-0.25, -0.2) is 0 Å². The van der Waals surface area contributed by atoms with Gasteiger partial charge in [0.05, 0.1) is 0 Å². The number of amides is 1. The van der Waals surface area contributed by atoms with Gasteiger partial charge >= 0.3 is 0 Å². The second kappa shape index (κ2) is 5.05. The number of hydrogen-bond acceptors (Lipinski definition) is 3. The van der Waals surface area contributed by atoms with Gasteiger partial charge in [-0.1, -0.05) is 25.8 Å². The van der Waals surface area contributed by atoms with E-state index in [9.17, 15) is 4.79 Å². The van der Waals surface area contributed by atoms with Crippen LogP contribution >= 0.6 is 0 Å². The van der Waals surface area contributed by atoms with Gasteiger partial charge in [-0.05, 0) is 37.8 Å². The van der Waals surface area contributed by atoms with E-state index >= 15 is 0 Å². The van der Waals surface area contributed by atoms with E-state index in [-0.39, 0.29) is 11.3 Å². The van der Waals surface area contributed by atoms with Gasteiger partial charge in [0, 0.05) is 36.3 Å². The average Bonchev–Trinajstić information content (AvgIpc) is 2.63.